The molecule has 1 atom stereocenters. The molecule has 0 saturated heterocycles. The average molecular weight is 292 g/mol. The van der Waals surface area contributed by atoms with Crippen molar-refractivity contribution in [1.82, 2.24) is 14.9 Å². The SMILES string of the molecule is CCCNC(c1ccccc1Cl)c1nccn1CCC. The Morgan fingerprint density at radius 1 is 1.25 bits per heavy atom. The van der Waals surface area contributed by atoms with Gasteiger partial charge in [-0.3, -0.25) is 0 Å². The molecule has 0 radical (unpaired) electrons. The van der Waals surface area contributed by atoms with Gasteiger partial charge in [0.25, 0.3) is 0 Å². The summed E-state index contributed by atoms with van der Waals surface area (Å²) in [5.74, 6) is 1.04. The van der Waals surface area contributed by atoms with Crippen molar-refractivity contribution in [3.63, 3.8) is 0 Å². The summed E-state index contributed by atoms with van der Waals surface area (Å²) < 4.78 is 2.21. The van der Waals surface area contributed by atoms with Gasteiger partial charge in [0, 0.05) is 24.0 Å². The highest BCUT2D eigenvalue weighted by atomic mass is 35.5. The zero-order valence-corrected chi connectivity index (χ0v) is 12.9. The first kappa shape index (κ1) is 15.1. The number of aryl methyl sites for hydroxylation is 1. The van der Waals surface area contributed by atoms with E-state index in [9.17, 15) is 0 Å². The number of rotatable bonds is 7. The van der Waals surface area contributed by atoms with Crippen molar-refractivity contribution in [2.75, 3.05) is 6.54 Å². The molecule has 4 heteroatoms. The molecular formula is C16H22ClN3. The molecular weight excluding hydrogens is 270 g/mol. The van der Waals surface area contributed by atoms with Gasteiger partial charge in [0.2, 0.25) is 0 Å². The van der Waals surface area contributed by atoms with Crippen LogP contribution in [-0.4, -0.2) is 16.1 Å². The lowest BCUT2D eigenvalue weighted by Gasteiger charge is -2.21. The molecule has 20 heavy (non-hydrogen) atoms. The van der Waals surface area contributed by atoms with Crippen LogP contribution in [0.3, 0.4) is 0 Å². The molecule has 0 aliphatic rings. The van der Waals surface area contributed by atoms with E-state index in [0.717, 1.165) is 42.3 Å². The van der Waals surface area contributed by atoms with Crippen LogP contribution in [0.1, 0.15) is 44.1 Å². The summed E-state index contributed by atoms with van der Waals surface area (Å²) in [7, 11) is 0. The number of nitrogens with zero attached hydrogens (tertiary/aromatic N) is 2. The molecule has 0 aliphatic heterocycles. The second-order valence-corrected chi connectivity index (χ2v) is 5.29. The molecule has 0 amide bonds. The number of aromatic nitrogens is 2. The fourth-order valence-electron chi connectivity index (χ4n) is 2.35. The minimum atomic E-state index is 0.0465. The summed E-state index contributed by atoms with van der Waals surface area (Å²) in [6.45, 7) is 6.25. The van der Waals surface area contributed by atoms with E-state index in [4.69, 9.17) is 11.6 Å². The molecule has 1 N–H and O–H groups in total. The molecule has 1 aromatic carbocycles. The third kappa shape index (κ3) is 3.41. The Bertz CT molecular complexity index is 536. The van der Waals surface area contributed by atoms with Crippen LogP contribution in [0.4, 0.5) is 0 Å². The topological polar surface area (TPSA) is 29.9 Å². The minimum absolute atomic E-state index is 0.0465. The van der Waals surface area contributed by atoms with Gasteiger partial charge in [0.1, 0.15) is 5.82 Å². The van der Waals surface area contributed by atoms with E-state index in [0.29, 0.717) is 0 Å². The zero-order valence-electron chi connectivity index (χ0n) is 12.1. The van der Waals surface area contributed by atoms with Crippen LogP contribution in [0.15, 0.2) is 36.7 Å². The molecule has 0 spiro atoms. The maximum absolute atomic E-state index is 6.37. The van der Waals surface area contributed by atoms with Crippen molar-refractivity contribution < 1.29 is 0 Å². The summed E-state index contributed by atoms with van der Waals surface area (Å²) in [5.41, 5.74) is 1.09. The fourth-order valence-corrected chi connectivity index (χ4v) is 2.59. The predicted molar refractivity (Wildman–Crippen MR) is 84.1 cm³/mol. The molecule has 0 bridgehead atoms. The Kier molecular flexibility index (Phi) is 5.62. The summed E-state index contributed by atoms with van der Waals surface area (Å²) in [5, 5.41) is 4.34. The summed E-state index contributed by atoms with van der Waals surface area (Å²) in [6.07, 6.45) is 6.07. The van der Waals surface area contributed by atoms with Crippen LogP contribution in [0.5, 0.6) is 0 Å². The monoisotopic (exact) mass is 291 g/mol. The first-order valence-corrected chi connectivity index (χ1v) is 7.64. The Labute approximate surface area is 126 Å². The summed E-state index contributed by atoms with van der Waals surface area (Å²) in [6, 6.07) is 8.03. The number of hydrogen-bond acceptors (Lipinski definition) is 2. The molecule has 2 aromatic rings. The highest BCUT2D eigenvalue weighted by Gasteiger charge is 2.20. The molecule has 2 rings (SSSR count). The Hall–Kier alpha value is -1.32. The van der Waals surface area contributed by atoms with Crippen LogP contribution in [-0.2, 0) is 6.54 Å². The number of imidazole rings is 1. The van der Waals surface area contributed by atoms with Crippen LogP contribution in [0.25, 0.3) is 0 Å². The number of nitrogens with one attached hydrogen (secondary N) is 1. The second kappa shape index (κ2) is 7.46. The fraction of sp³-hybridized carbons (Fsp3) is 0.438. The molecule has 3 nitrogen and oxygen atoms in total. The molecule has 0 aliphatic carbocycles. The van der Waals surface area contributed by atoms with E-state index in [-0.39, 0.29) is 6.04 Å². The van der Waals surface area contributed by atoms with Gasteiger partial charge in [0.15, 0.2) is 0 Å². The van der Waals surface area contributed by atoms with Gasteiger partial charge >= 0.3 is 0 Å². The largest absolute Gasteiger partial charge is 0.333 e. The molecule has 0 fully saturated rings. The van der Waals surface area contributed by atoms with Crippen LogP contribution >= 0.6 is 11.6 Å². The second-order valence-electron chi connectivity index (χ2n) is 4.89. The number of benzene rings is 1. The van der Waals surface area contributed by atoms with Gasteiger partial charge in [-0.1, -0.05) is 43.6 Å². The third-order valence-corrected chi connectivity index (χ3v) is 3.63. The van der Waals surface area contributed by atoms with Crippen LogP contribution in [0.2, 0.25) is 5.02 Å². The maximum Gasteiger partial charge on any atom is 0.130 e. The first-order chi connectivity index (χ1) is 9.77. The van der Waals surface area contributed by atoms with E-state index in [1.54, 1.807) is 0 Å². The molecule has 108 valence electrons. The normalized spacial score (nSPS) is 12.6. The molecule has 1 heterocycles. The summed E-state index contributed by atoms with van der Waals surface area (Å²) >= 11 is 6.37. The zero-order chi connectivity index (χ0) is 14.4. The van der Waals surface area contributed by atoms with Gasteiger partial charge in [-0.15, -0.1) is 0 Å². The number of hydrogen-bond donors (Lipinski definition) is 1. The lowest BCUT2D eigenvalue weighted by atomic mass is 10.1. The average Bonchev–Trinajstić information content (AvgIpc) is 2.90. The standard InChI is InChI=1S/C16H22ClN3/c1-3-9-18-15(13-7-5-6-8-14(13)17)16-19-10-12-20(16)11-4-2/h5-8,10,12,15,18H,3-4,9,11H2,1-2H3. The van der Waals surface area contributed by atoms with Crippen molar-refractivity contribution in [3.05, 3.63) is 53.1 Å². The van der Waals surface area contributed by atoms with Crippen LogP contribution < -0.4 is 5.32 Å². The predicted octanol–water partition coefficient (Wildman–Crippen LogP) is 4.04. The molecule has 1 unspecified atom stereocenters. The highest BCUT2D eigenvalue weighted by Crippen LogP contribution is 2.27. The van der Waals surface area contributed by atoms with Gasteiger partial charge in [0.05, 0.1) is 6.04 Å². The first-order valence-electron chi connectivity index (χ1n) is 7.26. The van der Waals surface area contributed by atoms with Crippen molar-refractivity contribution >= 4 is 11.6 Å². The van der Waals surface area contributed by atoms with E-state index in [2.05, 4.69) is 34.8 Å². The van der Waals surface area contributed by atoms with E-state index < -0.39 is 0 Å². The van der Waals surface area contributed by atoms with Gasteiger partial charge in [-0.2, -0.15) is 0 Å². The Balaban J connectivity index is 2.37. The van der Waals surface area contributed by atoms with Gasteiger partial charge in [-0.05, 0) is 31.0 Å². The van der Waals surface area contributed by atoms with E-state index in [1.165, 1.54) is 0 Å². The molecule has 0 saturated carbocycles. The Morgan fingerprint density at radius 2 is 2.05 bits per heavy atom. The lowest BCUT2D eigenvalue weighted by Crippen LogP contribution is -2.26. The van der Waals surface area contributed by atoms with Gasteiger partial charge in [-0.25, -0.2) is 4.98 Å². The van der Waals surface area contributed by atoms with Crippen molar-refractivity contribution in [2.45, 2.75) is 39.3 Å². The number of halogens is 1. The molecule has 1 aromatic heterocycles. The Morgan fingerprint density at radius 3 is 2.75 bits per heavy atom. The van der Waals surface area contributed by atoms with Crippen molar-refractivity contribution in [3.8, 4) is 0 Å². The quantitative estimate of drug-likeness (QED) is 0.834. The lowest BCUT2D eigenvalue weighted by molar-refractivity contribution is 0.530. The maximum atomic E-state index is 6.37. The minimum Gasteiger partial charge on any atom is -0.333 e. The third-order valence-electron chi connectivity index (χ3n) is 3.29. The highest BCUT2D eigenvalue weighted by molar-refractivity contribution is 6.31. The smallest absolute Gasteiger partial charge is 0.130 e. The van der Waals surface area contributed by atoms with Gasteiger partial charge < -0.3 is 9.88 Å². The van der Waals surface area contributed by atoms with E-state index in [1.807, 2.05) is 30.6 Å². The summed E-state index contributed by atoms with van der Waals surface area (Å²) in [4.78, 5) is 4.55. The van der Waals surface area contributed by atoms with E-state index >= 15 is 0 Å². The van der Waals surface area contributed by atoms with Crippen LogP contribution in [0, 0.1) is 0 Å². The van der Waals surface area contributed by atoms with Crippen molar-refractivity contribution in [1.29, 1.82) is 0 Å². The van der Waals surface area contributed by atoms with Crippen molar-refractivity contribution in [2.24, 2.45) is 0 Å².